The monoisotopic (exact) mass is 284 g/mol. The molecule has 3 heteroatoms. The Morgan fingerprint density at radius 1 is 1.25 bits per heavy atom. The maximum absolute atomic E-state index is 12.2. The normalized spacial score (nSPS) is 29.3. The molecule has 0 saturated heterocycles. The number of aliphatic hydroxyl groups is 1. The average molecular weight is 284 g/mol. The minimum Gasteiger partial charge on any atom is -0.466 e. The van der Waals surface area contributed by atoms with Crippen LogP contribution in [-0.4, -0.2) is 23.3 Å². The van der Waals surface area contributed by atoms with Gasteiger partial charge in [-0.1, -0.05) is 40.5 Å². The van der Waals surface area contributed by atoms with Crippen LogP contribution < -0.4 is 0 Å². The maximum atomic E-state index is 12.2. The summed E-state index contributed by atoms with van der Waals surface area (Å²) in [6.45, 7) is 10.7. The van der Waals surface area contributed by atoms with Crippen molar-refractivity contribution < 1.29 is 14.6 Å². The van der Waals surface area contributed by atoms with Crippen molar-refractivity contribution in [3.63, 3.8) is 0 Å². The van der Waals surface area contributed by atoms with E-state index in [2.05, 4.69) is 13.8 Å². The topological polar surface area (TPSA) is 46.5 Å². The van der Waals surface area contributed by atoms with Crippen molar-refractivity contribution in [3.8, 4) is 0 Å². The van der Waals surface area contributed by atoms with Crippen LogP contribution in [0.1, 0.15) is 66.7 Å². The molecule has 0 amide bonds. The van der Waals surface area contributed by atoms with Gasteiger partial charge in [-0.05, 0) is 43.9 Å². The molecule has 0 aliphatic heterocycles. The van der Waals surface area contributed by atoms with Gasteiger partial charge in [0.25, 0.3) is 0 Å². The molecule has 3 unspecified atom stereocenters. The predicted octanol–water partition coefficient (Wildman–Crippen LogP) is 3.79. The quantitative estimate of drug-likeness (QED) is 0.617. The highest BCUT2D eigenvalue weighted by molar-refractivity contribution is 5.74. The van der Waals surface area contributed by atoms with Crippen LogP contribution in [0.3, 0.4) is 0 Å². The number of hydrogen-bond donors (Lipinski definition) is 1. The van der Waals surface area contributed by atoms with Gasteiger partial charge in [-0.2, -0.15) is 0 Å². The van der Waals surface area contributed by atoms with Gasteiger partial charge in [0.05, 0.1) is 18.1 Å². The van der Waals surface area contributed by atoms with E-state index >= 15 is 0 Å². The second kappa shape index (κ2) is 7.44. The molecule has 1 saturated carbocycles. The van der Waals surface area contributed by atoms with Gasteiger partial charge in [-0.15, -0.1) is 0 Å². The minimum absolute atomic E-state index is 0.106. The Kier molecular flexibility index (Phi) is 6.50. The zero-order valence-electron chi connectivity index (χ0n) is 13.8. The molecular formula is C17H32O3. The van der Waals surface area contributed by atoms with Crippen LogP contribution in [-0.2, 0) is 9.53 Å². The van der Waals surface area contributed by atoms with Gasteiger partial charge in [-0.3, -0.25) is 4.79 Å². The number of carbonyl (C=O) groups excluding carboxylic acids is 1. The van der Waals surface area contributed by atoms with E-state index < -0.39 is 11.5 Å². The molecule has 0 bridgehead atoms. The second-order valence-electron chi connectivity index (χ2n) is 7.01. The van der Waals surface area contributed by atoms with Gasteiger partial charge in [0.1, 0.15) is 0 Å². The molecule has 0 aromatic carbocycles. The summed E-state index contributed by atoms with van der Waals surface area (Å²) in [6, 6.07) is 0. The number of rotatable bonds is 5. The van der Waals surface area contributed by atoms with Crippen LogP contribution in [0.5, 0.6) is 0 Å². The fourth-order valence-corrected chi connectivity index (χ4v) is 3.70. The molecule has 0 radical (unpaired) electrons. The summed E-state index contributed by atoms with van der Waals surface area (Å²) >= 11 is 0. The van der Waals surface area contributed by atoms with Crippen LogP contribution in [0.2, 0.25) is 0 Å². The first-order valence-electron chi connectivity index (χ1n) is 8.20. The molecule has 1 aliphatic rings. The third kappa shape index (κ3) is 4.21. The Morgan fingerprint density at radius 2 is 1.90 bits per heavy atom. The zero-order chi connectivity index (χ0) is 15.3. The number of esters is 1. The minimum atomic E-state index is -0.885. The van der Waals surface area contributed by atoms with Crippen molar-refractivity contribution in [1.29, 1.82) is 0 Å². The van der Waals surface area contributed by atoms with Gasteiger partial charge in [-0.25, -0.2) is 0 Å². The van der Waals surface area contributed by atoms with Crippen molar-refractivity contribution in [1.82, 2.24) is 0 Å². The third-order valence-electron chi connectivity index (χ3n) is 4.86. The summed E-state index contributed by atoms with van der Waals surface area (Å²) in [5, 5.41) is 11.1. The third-order valence-corrected chi connectivity index (χ3v) is 4.86. The molecule has 20 heavy (non-hydrogen) atoms. The molecule has 1 rings (SSSR count). The summed E-state index contributed by atoms with van der Waals surface area (Å²) in [7, 11) is 0. The van der Waals surface area contributed by atoms with E-state index in [-0.39, 0.29) is 11.9 Å². The van der Waals surface area contributed by atoms with E-state index in [1.807, 2.05) is 20.8 Å². The number of ether oxygens (including phenoxy) is 1. The highest BCUT2D eigenvalue weighted by atomic mass is 16.5. The van der Waals surface area contributed by atoms with Crippen LogP contribution in [0.25, 0.3) is 0 Å². The van der Waals surface area contributed by atoms with Crippen molar-refractivity contribution in [2.45, 2.75) is 72.3 Å². The van der Waals surface area contributed by atoms with Gasteiger partial charge in [0.2, 0.25) is 0 Å². The molecule has 0 aromatic heterocycles. The molecule has 1 N–H and O–H groups in total. The summed E-state index contributed by atoms with van der Waals surface area (Å²) in [6.07, 6.45) is 4.61. The molecule has 0 spiro atoms. The van der Waals surface area contributed by atoms with Crippen molar-refractivity contribution in [2.24, 2.45) is 23.7 Å². The van der Waals surface area contributed by atoms with Gasteiger partial charge in [0.15, 0.2) is 0 Å². The fraction of sp³-hybridized carbons (Fsp3) is 0.941. The molecule has 3 nitrogen and oxygen atoms in total. The lowest BCUT2D eigenvalue weighted by Gasteiger charge is -2.36. The smallest absolute Gasteiger partial charge is 0.312 e. The molecule has 1 aliphatic carbocycles. The standard InChI is InChI=1S/C17H32O3/c1-6-20-16(18)15(13(4)5)17(19)10-7-8-14(9-11-17)12(2)3/h12-15,19H,6-11H2,1-5H3. The van der Waals surface area contributed by atoms with E-state index in [4.69, 9.17) is 4.74 Å². The van der Waals surface area contributed by atoms with Crippen LogP contribution in [0, 0.1) is 23.7 Å². The Labute approximate surface area is 124 Å². The van der Waals surface area contributed by atoms with Gasteiger partial charge >= 0.3 is 5.97 Å². The van der Waals surface area contributed by atoms with Crippen molar-refractivity contribution in [2.75, 3.05) is 6.61 Å². The van der Waals surface area contributed by atoms with E-state index in [1.165, 1.54) is 0 Å². The van der Waals surface area contributed by atoms with E-state index in [9.17, 15) is 9.90 Å². The van der Waals surface area contributed by atoms with E-state index in [0.29, 0.717) is 18.4 Å². The maximum Gasteiger partial charge on any atom is 0.312 e. The average Bonchev–Trinajstić information content (AvgIpc) is 2.51. The first kappa shape index (κ1) is 17.5. The van der Waals surface area contributed by atoms with Crippen LogP contribution in [0.15, 0.2) is 0 Å². The predicted molar refractivity (Wildman–Crippen MR) is 81.3 cm³/mol. The lowest BCUT2D eigenvalue weighted by atomic mass is 9.75. The first-order chi connectivity index (χ1) is 9.31. The Hall–Kier alpha value is -0.570. The summed E-state index contributed by atoms with van der Waals surface area (Å²) < 4.78 is 5.20. The lowest BCUT2D eigenvalue weighted by Crippen LogP contribution is -2.45. The van der Waals surface area contributed by atoms with E-state index in [1.54, 1.807) is 0 Å². The number of carbonyl (C=O) groups is 1. The highest BCUT2D eigenvalue weighted by Gasteiger charge is 2.45. The molecule has 0 aromatic rings. The molecular weight excluding hydrogens is 252 g/mol. The molecule has 118 valence electrons. The SMILES string of the molecule is CCOC(=O)C(C(C)C)C1(O)CCCC(C(C)C)CC1. The first-order valence-corrected chi connectivity index (χ1v) is 8.20. The van der Waals surface area contributed by atoms with Crippen molar-refractivity contribution in [3.05, 3.63) is 0 Å². The zero-order valence-corrected chi connectivity index (χ0v) is 13.8. The summed E-state index contributed by atoms with van der Waals surface area (Å²) in [4.78, 5) is 12.2. The summed E-state index contributed by atoms with van der Waals surface area (Å²) in [5.41, 5.74) is -0.885. The number of hydrogen-bond acceptors (Lipinski definition) is 3. The van der Waals surface area contributed by atoms with Crippen LogP contribution >= 0.6 is 0 Å². The fourth-order valence-electron chi connectivity index (χ4n) is 3.70. The highest BCUT2D eigenvalue weighted by Crippen LogP contribution is 2.40. The van der Waals surface area contributed by atoms with Crippen LogP contribution in [0.4, 0.5) is 0 Å². The summed E-state index contributed by atoms with van der Waals surface area (Å²) in [5.74, 6) is 0.799. The Morgan fingerprint density at radius 3 is 2.40 bits per heavy atom. The Bertz CT molecular complexity index is 311. The molecule has 1 fully saturated rings. The largest absolute Gasteiger partial charge is 0.466 e. The van der Waals surface area contributed by atoms with Gasteiger partial charge in [0, 0.05) is 0 Å². The van der Waals surface area contributed by atoms with Gasteiger partial charge < -0.3 is 9.84 Å². The molecule has 3 atom stereocenters. The second-order valence-corrected chi connectivity index (χ2v) is 7.01. The van der Waals surface area contributed by atoms with E-state index in [0.717, 1.165) is 32.1 Å². The Balaban J connectivity index is 2.85. The van der Waals surface area contributed by atoms with Crippen molar-refractivity contribution >= 4 is 5.97 Å². The molecule has 0 heterocycles. The lowest BCUT2D eigenvalue weighted by molar-refractivity contribution is -0.163.